The summed E-state index contributed by atoms with van der Waals surface area (Å²) in [6, 6.07) is 1.77. The Hall–Kier alpha value is -1.88. The number of pyridine rings is 1. The van der Waals surface area contributed by atoms with Gasteiger partial charge in [0.05, 0.1) is 12.3 Å². The van der Waals surface area contributed by atoms with E-state index < -0.39 is 5.97 Å². The molecular formula is C13H18N2O3. The van der Waals surface area contributed by atoms with Crippen LogP contribution >= 0.6 is 0 Å². The molecule has 0 amide bonds. The van der Waals surface area contributed by atoms with Gasteiger partial charge in [0.1, 0.15) is 5.56 Å². The zero-order valence-electron chi connectivity index (χ0n) is 10.7. The van der Waals surface area contributed by atoms with Crippen molar-refractivity contribution in [1.29, 1.82) is 0 Å². The van der Waals surface area contributed by atoms with Crippen molar-refractivity contribution in [3.05, 3.63) is 36.2 Å². The van der Waals surface area contributed by atoms with Gasteiger partial charge in [0.2, 0.25) is 0 Å². The number of aryl methyl sites for hydroxylation is 1. The fourth-order valence-electron chi connectivity index (χ4n) is 1.64. The average molecular weight is 250 g/mol. The summed E-state index contributed by atoms with van der Waals surface area (Å²) in [5.74, 6) is -0.982. The van der Waals surface area contributed by atoms with E-state index in [2.05, 4.69) is 11.6 Å². The first kappa shape index (κ1) is 14.2. The van der Waals surface area contributed by atoms with Crippen LogP contribution < -0.4 is 4.90 Å². The zero-order chi connectivity index (χ0) is 13.5. The Labute approximate surface area is 107 Å². The second-order valence-corrected chi connectivity index (χ2v) is 3.88. The van der Waals surface area contributed by atoms with Gasteiger partial charge in [0.25, 0.3) is 0 Å². The van der Waals surface area contributed by atoms with E-state index >= 15 is 0 Å². The van der Waals surface area contributed by atoms with Crippen molar-refractivity contribution in [2.24, 2.45) is 0 Å². The Kier molecular flexibility index (Phi) is 5.32. The maximum Gasteiger partial charge on any atom is 0.339 e. The molecule has 0 bridgehead atoms. The second kappa shape index (κ2) is 6.76. The van der Waals surface area contributed by atoms with Gasteiger partial charge < -0.3 is 14.7 Å². The number of carbonyl (C=O) groups is 1. The molecule has 0 saturated carbocycles. The minimum Gasteiger partial charge on any atom is -0.478 e. The highest BCUT2D eigenvalue weighted by molar-refractivity contribution is 5.94. The van der Waals surface area contributed by atoms with E-state index in [0.717, 1.165) is 5.69 Å². The third-order valence-corrected chi connectivity index (χ3v) is 2.50. The molecule has 1 N–H and O–H groups in total. The van der Waals surface area contributed by atoms with Crippen molar-refractivity contribution in [2.45, 2.75) is 6.92 Å². The highest BCUT2D eigenvalue weighted by Gasteiger charge is 2.16. The van der Waals surface area contributed by atoms with Crippen LogP contribution in [-0.2, 0) is 4.74 Å². The molecule has 0 aliphatic rings. The average Bonchev–Trinajstić information content (AvgIpc) is 2.34. The Morgan fingerprint density at radius 2 is 2.39 bits per heavy atom. The molecule has 1 aromatic rings. The Bertz CT molecular complexity index is 432. The van der Waals surface area contributed by atoms with E-state index in [9.17, 15) is 9.90 Å². The van der Waals surface area contributed by atoms with E-state index in [0.29, 0.717) is 25.4 Å². The van der Waals surface area contributed by atoms with Crippen LogP contribution in [0.15, 0.2) is 24.9 Å². The summed E-state index contributed by atoms with van der Waals surface area (Å²) in [7, 11) is 1.61. The summed E-state index contributed by atoms with van der Waals surface area (Å²) in [5.41, 5.74) is 1.62. The fraction of sp³-hybridized carbons (Fsp3) is 0.385. The zero-order valence-corrected chi connectivity index (χ0v) is 10.7. The number of aromatic carboxylic acids is 1. The van der Waals surface area contributed by atoms with Crippen molar-refractivity contribution < 1.29 is 14.6 Å². The lowest BCUT2D eigenvalue weighted by atomic mass is 10.2. The van der Waals surface area contributed by atoms with Crippen LogP contribution in [0.2, 0.25) is 0 Å². The van der Waals surface area contributed by atoms with Crippen LogP contribution in [0.4, 0.5) is 5.69 Å². The van der Waals surface area contributed by atoms with E-state index in [-0.39, 0.29) is 5.56 Å². The summed E-state index contributed by atoms with van der Waals surface area (Å²) in [6.07, 6.45) is 3.12. The molecule has 0 aliphatic heterocycles. The largest absolute Gasteiger partial charge is 0.478 e. The maximum atomic E-state index is 11.2. The first-order valence-electron chi connectivity index (χ1n) is 5.65. The first-order chi connectivity index (χ1) is 8.60. The van der Waals surface area contributed by atoms with Crippen LogP contribution in [-0.4, -0.2) is 42.9 Å². The summed E-state index contributed by atoms with van der Waals surface area (Å²) >= 11 is 0. The number of methoxy groups -OCH3 is 1. The lowest BCUT2D eigenvalue weighted by Crippen LogP contribution is -2.29. The van der Waals surface area contributed by atoms with Crippen molar-refractivity contribution in [3.63, 3.8) is 0 Å². The van der Waals surface area contributed by atoms with E-state index in [1.54, 1.807) is 19.3 Å². The van der Waals surface area contributed by atoms with E-state index in [1.165, 1.54) is 6.20 Å². The molecule has 0 atom stereocenters. The minimum atomic E-state index is -0.982. The van der Waals surface area contributed by atoms with Crippen LogP contribution in [0, 0.1) is 6.92 Å². The number of carboxylic acids is 1. The topological polar surface area (TPSA) is 62.7 Å². The lowest BCUT2D eigenvalue weighted by molar-refractivity contribution is 0.0697. The number of hydrogen-bond donors (Lipinski definition) is 1. The van der Waals surface area contributed by atoms with Gasteiger partial charge in [0, 0.05) is 32.1 Å². The number of hydrogen-bond acceptors (Lipinski definition) is 4. The third-order valence-electron chi connectivity index (χ3n) is 2.50. The quantitative estimate of drug-likeness (QED) is 0.747. The van der Waals surface area contributed by atoms with Gasteiger partial charge in [-0.1, -0.05) is 6.08 Å². The third kappa shape index (κ3) is 3.56. The number of nitrogens with zero attached hydrogens (tertiary/aromatic N) is 2. The number of rotatable bonds is 7. The summed E-state index contributed by atoms with van der Waals surface area (Å²) in [6.45, 7) is 7.20. The SMILES string of the molecule is C=CCN(CCOC)c1cc(C)ncc1C(=O)O. The summed E-state index contributed by atoms with van der Waals surface area (Å²) in [5, 5.41) is 9.18. The molecule has 0 aliphatic carbocycles. The van der Waals surface area contributed by atoms with Crippen molar-refractivity contribution >= 4 is 11.7 Å². The normalized spacial score (nSPS) is 10.1. The molecule has 98 valence electrons. The summed E-state index contributed by atoms with van der Waals surface area (Å²) < 4.78 is 5.03. The molecule has 1 heterocycles. The summed E-state index contributed by atoms with van der Waals surface area (Å²) in [4.78, 5) is 17.1. The predicted molar refractivity (Wildman–Crippen MR) is 70.2 cm³/mol. The molecule has 0 aromatic carbocycles. The molecule has 5 nitrogen and oxygen atoms in total. The smallest absolute Gasteiger partial charge is 0.339 e. The van der Waals surface area contributed by atoms with E-state index in [4.69, 9.17) is 4.74 Å². The number of anilines is 1. The van der Waals surface area contributed by atoms with E-state index in [1.807, 2.05) is 11.8 Å². The van der Waals surface area contributed by atoms with Crippen LogP contribution in [0.5, 0.6) is 0 Å². The number of ether oxygens (including phenoxy) is 1. The molecule has 1 rings (SSSR count). The fourth-order valence-corrected chi connectivity index (χ4v) is 1.64. The maximum absolute atomic E-state index is 11.2. The monoisotopic (exact) mass is 250 g/mol. The molecule has 1 aromatic heterocycles. The Morgan fingerprint density at radius 3 is 2.94 bits per heavy atom. The number of aromatic nitrogens is 1. The van der Waals surface area contributed by atoms with Gasteiger partial charge in [-0.2, -0.15) is 0 Å². The molecule has 0 spiro atoms. The highest BCUT2D eigenvalue weighted by Crippen LogP contribution is 2.21. The van der Waals surface area contributed by atoms with Gasteiger partial charge >= 0.3 is 5.97 Å². The van der Waals surface area contributed by atoms with Gasteiger partial charge in [-0.3, -0.25) is 4.98 Å². The second-order valence-electron chi connectivity index (χ2n) is 3.88. The molecule has 0 unspecified atom stereocenters. The standard InChI is InChI=1S/C13H18N2O3/c1-4-5-15(6-7-18-3)12-8-10(2)14-9-11(12)13(16)17/h4,8-9H,1,5-7H2,2-3H3,(H,16,17). The molecule has 0 radical (unpaired) electrons. The minimum absolute atomic E-state index is 0.193. The van der Waals surface area contributed by atoms with Crippen molar-refractivity contribution in [3.8, 4) is 0 Å². The van der Waals surface area contributed by atoms with Crippen LogP contribution in [0.25, 0.3) is 0 Å². The van der Waals surface area contributed by atoms with Gasteiger partial charge in [-0.05, 0) is 13.0 Å². The first-order valence-corrected chi connectivity index (χ1v) is 5.65. The van der Waals surface area contributed by atoms with Gasteiger partial charge in [-0.25, -0.2) is 4.79 Å². The Balaban J connectivity index is 3.11. The van der Waals surface area contributed by atoms with Crippen molar-refractivity contribution in [2.75, 3.05) is 31.7 Å². The molecule has 5 heteroatoms. The Morgan fingerprint density at radius 1 is 1.67 bits per heavy atom. The number of carboxylic acid groups (broad SMARTS) is 1. The van der Waals surface area contributed by atoms with Crippen LogP contribution in [0.1, 0.15) is 16.1 Å². The van der Waals surface area contributed by atoms with Crippen LogP contribution in [0.3, 0.4) is 0 Å². The highest BCUT2D eigenvalue weighted by atomic mass is 16.5. The molecule has 0 saturated heterocycles. The lowest BCUT2D eigenvalue weighted by Gasteiger charge is -2.24. The van der Waals surface area contributed by atoms with Crippen molar-refractivity contribution in [1.82, 2.24) is 4.98 Å². The van der Waals surface area contributed by atoms with Gasteiger partial charge in [-0.15, -0.1) is 6.58 Å². The van der Waals surface area contributed by atoms with Gasteiger partial charge in [0.15, 0.2) is 0 Å². The molecule has 18 heavy (non-hydrogen) atoms. The molecular weight excluding hydrogens is 232 g/mol. The predicted octanol–water partition coefficient (Wildman–Crippen LogP) is 1.73. The molecule has 0 fully saturated rings.